The number of nitrogens with one attached hydrogen (secondary N) is 1. The molecule has 0 aliphatic heterocycles. The molecule has 108 valence electrons. The average molecular weight is 281 g/mol. The second-order valence-corrected chi connectivity index (χ2v) is 4.89. The topological polar surface area (TPSA) is 46.2 Å². The van der Waals surface area contributed by atoms with Crippen LogP contribution in [0.4, 0.5) is 5.69 Å². The van der Waals surface area contributed by atoms with Gasteiger partial charge in [-0.1, -0.05) is 49.4 Å². The van der Waals surface area contributed by atoms with Gasteiger partial charge in [0.15, 0.2) is 5.78 Å². The van der Waals surface area contributed by atoms with Crippen LogP contribution in [-0.2, 0) is 11.2 Å². The summed E-state index contributed by atoms with van der Waals surface area (Å²) >= 11 is 0. The van der Waals surface area contributed by atoms with Crippen LogP contribution in [0.1, 0.15) is 35.7 Å². The summed E-state index contributed by atoms with van der Waals surface area (Å²) in [6.07, 6.45) is 1.35. The van der Waals surface area contributed by atoms with Crippen molar-refractivity contribution in [3.05, 3.63) is 65.7 Å². The molecule has 0 radical (unpaired) electrons. The third kappa shape index (κ3) is 4.56. The van der Waals surface area contributed by atoms with Crippen molar-refractivity contribution in [1.29, 1.82) is 0 Å². The molecule has 0 aliphatic carbocycles. The van der Waals surface area contributed by atoms with Crippen molar-refractivity contribution >= 4 is 17.4 Å². The third-order valence-electron chi connectivity index (χ3n) is 3.29. The molecule has 2 aromatic carbocycles. The molecule has 0 unspecified atom stereocenters. The van der Waals surface area contributed by atoms with Gasteiger partial charge in [0.05, 0.1) is 0 Å². The quantitative estimate of drug-likeness (QED) is 0.817. The molecule has 0 aromatic heterocycles. The molecular formula is C18H19NO2. The van der Waals surface area contributed by atoms with Gasteiger partial charge >= 0.3 is 0 Å². The van der Waals surface area contributed by atoms with Gasteiger partial charge in [0.25, 0.3) is 0 Å². The van der Waals surface area contributed by atoms with Crippen molar-refractivity contribution in [3.63, 3.8) is 0 Å². The maximum absolute atomic E-state index is 11.9. The Morgan fingerprint density at radius 3 is 2.43 bits per heavy atom. The molecule has 1 amide bonds. The lowest BCUT2D eigenvalue weighted by Crippen LogP contribution is -2.13. The van der Waals surface area contributed by atoms with Gasteiger partial charge in [-0.2, -0.15) is 0 Å². The fraction of sp³-hybridized carbons (Fsp3) is 0.222. The SMILES string of the molecule is CCc1cccc(NC(=O)CCC(=O)c2ccccc2)c1. The number of hydrogen-bond donors (Lipinski definition) is 1. The first kappa shape index (κ1) is 15.0. The first-order chi connectivity index (χ1) is 10.2. The van der Waals surface area contributed by atoms with E-state index >= 15 is 0 Å². The number of aryl methyl sites for hydroxylation is 1. The minimum atomic E-state index is -0.132. The van der Waals surface area contributed by atoms with Gasteiger partial charge in [0, 0.05) is 24.1 Å². The summed E-state index contributed by atoms with van der Waals surface area (Å²) in [6, 6.07) is 16.8. The van der Waals surface area contributed by atoms with E-state index in [1.807, 2.05) is 42.5 Å². The van der Waals surface area contributed by atoms with E-state index in [0.717, 1.165) is 12.1 Å². The monoisotopic (exact) mass is 281 g/mol. The van der Waals surface area contributed by atoms with E-state index < -0.39 is 0 Å². The lowest BCUT2D eigenvalue weighted by Gasteiger charge is -2.06. The summed E-state index contributed by atoms with van der Waals surface area (Å²) in [4.78, 5) is 23.8. The van der Waals surface area contributed by atoms with Gasteiger partial charge in [-0.3, -0.25) is 9.59 Å². The van der Waals surface area contributed by atoms with Crippen molar-refractivity contribution < 1.29 is 9.59 Å². The second kappa shape index (κ2) is 7.39. The molecule has 0 heterocycles. The van der Waals surface area contributed by atoms with Gasteiger partial charge in [-0.15, -0.1) is 0 Å². The first-order valence-corrected chi connectivity index (χ1v) is 7.16. The predicted octanol–water partition coefficient (Wildman–Crippen LogP) is 3.85. The highest BCUT2D eigenvalue weighted by atomic mass is 16.2. The van der Waals surface area contributed by atoms with Gasteiger partial charge in [0.1, 0.15) is 0 Å². The Hall–Kier alpha value is -2.42. The molecule has 2 rings (SSSR count). The Morgan fingerprint density at radius 2 is 1.71 bits per heavy atom. The minimum Gasteiger partial charge on any atom is -0.326 e. The molecule has 0 bridgehead atoms. The molecule has 0 atom stereocenters. The number of hydrogen-bond acceptors (Lipinski definition) is 2. The van der Waals surface area contributed by atoms with Crippen LogP contribution in [0, 0.1) is 0 Å². The molecule has 3 heteroatoms. The average Bonchev–Trinajstić information content (AvgIpc) is 2.53. The first-order valence-electron chi connectivity index (χ1n) is 7.16. The van der Waals surface area contributed by atoms with Crippen LogP contribution in [-0.4, -0.2) is 11.7 Å². The van der Waals surface area contributed by atoms with Crippen molar-refractivity contribution in [1.82, 2.24) is 0 Å². The zero-order valence-electron chi connectivity index (χ0n) is 12.1. The summed E-state index contributed by atoms with van der Waals surface area (Å²) in [5.74, 6) is -0.138. The van der Waals surface area contributed by atoms with Gasteiger partial charge in [-0.05, 0) is 24.1 Å². The fourth-order valence-electron chi connectivity index (χ4n) is 2.09. The molecule has 0 aliphatic rings. The highest BCUT2D eigenvalue weighted by molar-refractivity contribution is 5.99. The Balaban J connectivity index is 1.86. The smallest absolute Gasteiger partial charge is 0.224 e. The standard InChI is InChI=1S/C18H19NO2/c1-2-14-7-6-10-16(13-14)19-18(21)12-11-17(20)15-8-4-3-5-9-15/h3-10,13H,2,11-12H2,1H3,(H,19,21). The van der Waals surface area contributed by atoms with Crippen LogP contribution in [0.2, 0.25) is 0 Å². The van der Waals surface area contributed by atoms with Gasteiger partial charge in [-0.25, -0.2) is 0 Å². The minimum absolute atomic E-state index is 0.00643. The number of Topliss-reactive ketones (excluding diaryl/α,β-unsaturated/α-hetero) is 1. The predicted molar refractivity (Wildman–Crippen MR) is 84.5 cm³/mol. The molecule has 3 nitrogen and oxygen atoms in total. The van der Waals surface area contributed by atoms with Gasteiger partial charge in [0.2, 0.25) is 5.91 Å². The van der Waals surface area contributed by atoms with E-state index in [2.05, 4.69) is 12.2 Å². The zero-order chi connectivity index (χ0) is 15.1. The summed E-state index contributed by atoms with van der Waals surface area (Å²) < 4.78 is 0. The fourth-order valence-corrected chi connectivity index (χ4v) is 2.09. The number of carbonyl (C=O) groups excluding carboxylic acids is 2. The third-order valence-corrected chi connectivity index (χ3v) is 3.29. The second-order valence-electron chi connectivity index (χ2n) is 4.89. The zero-order valence-corrected chi connectivity index (χ0v) is 12.1. The number of rotatable bonds is 6. The Morgan fingerprint density at radius 1 is 0.952 bits per heavy atom. The number of benzene rings is 2. The van der Waals surface area contributed by atoms with E-state index in [4.69, 9.17) is 0 Å². The van der Waals surface area contributed by atoms with Crippen molar-refractivity contribution in [2.75, 3.05) is 5.32 Å². The maximum Gasteiger partial charge on any atom is 0.224 e. The molecule has 2 aromatic rings. The molecule has 0 saturated carbocycles. The van der Waals surface area contributed by atoms with Crippen molar-refractivity contribution in [2.45, 2.75) is 26.2 Å². The van der Waals surface area contributed by atoms with E-state index in [-0.39, 0.29) is 24.5 Å². The Kier molecular flexibility index (Phi) is 5.27. The van der Waals surface area contributed by atoms with Crippen LogP contribution < -0.4 is 5.32 Å². The molecule has 0 fully saturated rings. The number of ketones is 1. The normalized spacial score (nSPS) is 10.1. The summed E-state index contributed by atoms with van der Waals surface area (Å²) in [7, 11) is 0. The van der Waals surface area contributed by atoms with E-state index in [1.165, 1.54) is 5.56 Å². The van der Waals surface area contributed by atoms with Crippen LogP contribution in [0.15, 0.2) is 54.6 Å². The number of amides is 1. The summed E-state index contributed by atoms with van der Waals surface area (Å²) in [5.41, 5.74) is 2.61. The number of carbonyl (C=O) groups is 2. The molecule has 21 heavy (non-hydrogen) atoms. The van der Waals surface area contributed by atoms with Crippen molar-refractivity contribution in [2.24, 2.45) is 0 Å². The highest BCUT2D eigenvalue weighted by Gasteiger charge is 2.09. The molecule has 1 N–H and O–H groups in total. The van der Waals surface area contributed by atoms with E-state index in [1.54, 1.807) is 12.1 Å². The lowest BCUT2D eigenvalue weighted by atomic mass is 10.1. The van der Waals surface area contributed by atoms with Crippen LogP contribution in [0.25, 0.3) is 0 Å². The van der Waals surface area contributed by atoms with E-state index in [9.17, 15) is 9.59 Å². The largest absolute Gasteiger partial charge is 0.326 e. The van der Waals surface area contributed by atoms with Crippen LogP contribution in [0.3, 0.4) is 0 Å². The lowest BCUT2D eigenvalue weighted by molar-refractivity contribution is -0.116. The maximum atomic E-state index is 11.9. The van der Waals surface area contributed by atoms with Crippen molar-refractivity contribution in [3.8, 4) is 0 Å². The molecule has 0 saturated heterocycles. The van der Waals surface area contributed by atoms with Gasteiger partial charge < -0.3 is 5.32 Å². The molecular weight excluding hydrogens is 262 g/mol. The summed E-state index contributed by atoms with van der Waals surface area (Å²) in [5, 5.41) is 2.83. The highest BCUT2D eigenvalue weighted by Crippen LogP contribution is 2.12. The summed E-state index contributed by atoms with van der Waals surface area (Å²) in [6.45, 7) is 2.07. The molecule has 0 spiro atoms. The van der Waals surface area contributed by atoms with Crippen LogP contribution in [0.5, 0.6) is 0 Å². The van der Waals surface area contributed by atoms with Crippen LogP contribution >= 0.6 is 0 Å². The number of anilines is 1. The Bertz CT molecular complexity index is 620. The Labute approximate surface area is 125 Å². The van der Waals surface area contributed by atoms with E-state index in [0.29, 0.717) is 5.56 Å².